The number of hydrogen-bond donors (Lipinski definition) is 1. The normalized spacial score (nSPS) is 16.9. The van der Waals surface area contributed by atoms with E-state index in [2.05, 4.69) is 4.98 Å². The van der Waals surface area contributed by atoms with Gasteiger partial charge in [-0.15, -0.1) is 0 Å². The molecule has 1 aliphatic rings. The summed E-state index contributed by atoms with van der Waals surface area (Å²) in [6, 6.07) is 3.76. The highest BCUT2D eigenvalue weighted by atomic mass is 16.5. The highest BCUT2D eigenvalue weighted by Gasteiger charge is 2.25. The second-order valence-corrected chi connectivity index (χ2v) is 3.12. The van der Waals surface area contributed by atoms with Gasteiger partial charge in [0.05, 0.1) is 19.4 Å². The summed E-state index contributed by atoms with van der Waals surface area (Å²) in [5.41, 5.74) is 0. The molecule has 1 aromatic heterocycles. The molecule has 4 nitrogen and oxygen atoms in total. The van der Waals surface area contributed by atoms with Gasteiger partial charge in [-0.05, 0) is 12.1 Å². The minimum Gasteiger partial charge on any atom is -0.495 e. The van der Waals surface area contributed by atoms with E-state index >= 15 is 0 Å². The maximum Gasteiger partial charge on any atom is 0.137 e. The molecule has 0 saturated carbocycles. The van der Waals surface area contributed by atoms with Crippen LogP contribution in [0.3, 0.4) is 0 Å². The number of aliphatic hydroxyl groups is 1. The minimum atomic E-state index is -0.191. The summed E-state index contributed by atoms with van der Waals surface area (Å²) in [6.07, 6.45) is 1.49. The molecule has 1 saturated heterocycles. The summed E-state index contributed by atoms with van der Waals surface area (Å²) < 4.78 is 4.99. The van der Waals surface area contributed by atoms with Crippen LogP contribution in [0.4, 0.5) is 5.82 Å². The van der Waals surface area contributed by atoms with Gasteiger partial charge in [0.15, 0.2) is 0 Å². The lowest BCUT2D eigenvalue weighted by molar-refractivity contribution is 0.141. The van der Waals surface area contributed by atoms with Gasteiger partial charge < -0.3 is 14.7 Å². The molecule has 0 bridgehead atoms. The van der Waals surface area contributed by atoms with Gasteiger partial charge in [-0.25, -0.2) is 4.98 Å². The number of aliphatic hydroxyl groups excluding tert-OH is 1. The molecule has 0 atom stereocenters. The molecule has 0 aliphatic carbocycles. The van der Waals surface area contributed by atoms with Crippen LogP contribution in [0, 0.1) is 0 Å². The van der Waals surface area contributed by atoms with Crippen molar-refractivity contribution in [2.45, 2.75) is 6.10 Å². The second-order valence-electron chi connectivity index (χ2n) is 3.12. The van der Waals surface area contributed by atoms with Crippen molar-refractivity contribution in [2.75, 3.05) is 25.1 Å². The van der Waals surface area contributed by atoms with E-state index in [1.807, 2.05) is 17.0 Å². The zero-order valence-electron chi connectivity index (χ0n) is 7.47. The summed E-state index contributed by atoms with van der Waals surface area (Å²) in [5.74, 6) is 1.65. The monoisotopic (exact) mass is 180 g/mol. The van der Waals surface area contributed by atoms with Crippen molar-refractivity contribution in [3.63, 3.8) is 0 Å². The lowest BCUT2D eigenvalue weighted by Crippen LogP contribution is -2.51. The fourth-order valence-corrected chi connectivity index (χ4v) is 1.32. The summed E-state index contributed by atoms with van der Waals surface area (Å²) in [6.45, 7) is 1.36. The van der Waals surface area contributed by atoms with E-state index < -0.39 is 0 Å². The average Bonchev–Trinajstić information content (AvgIpc) is 2.13. The van der Waals surface area contributed by atoms with E-state index in [0.29, 0.717) is 13.1 Å². The van der Waals surface area contributed by atoms with E-state index in [1.165, 1.54) is 0 Å². The molecule has 70 valence electrons. The molecular formula is C9H12N2O2. The lowest BCUT2D eigenvalue weighted by atomic mass is 10.2. The number of rotatable bonds is 2. The Balaban J connectivity index is 2.06. The smallest absolute Gasteiger partial charge is 0.137 e. The molecule has 1 aromatic rings. The Bertz CT molecular complexity index is 280. The predicted molar refractivity (Wildman–Crippen MR) is 49.0 cm³/mol. The van der Waals surface area contributed by atoms with Gasteiger partial charge in [-0.3, -0.25) is 0 Å². The molecule has 1 fully saturated rings. The van der Waals surface area contributed by atoms with Crippen LogP contribution >= 0.6 is 0 Å². The molecule has 0 amide bonds. The standard InChI is InChI=1S/C9H12N2O2/c1-13-8-2-3-9(10-4-8)11-5-7(12)6-11/h2-4,7,12H,5-6H2,1H3. The maximum atomic E-state index is 9.09. The zero-order valence-corrected chi connectivity index (χ0v) is 7.47. The molecule has 2 rings (SSSR count). The SMILES string of the molecule is COc1ccc(N2CC(O)C2)nc1. The third kappa shape index (κ3) is 1.58. The fourth-order valence-electron chi connectivity index (χ4n) is 1.32. The molecule has 0 unspecified atom stereocenters. The summed E-state index contributed by atoms with van der Waals surface area (Å²) >= 11 is 0. The van der Waals surface area contributed by atoms with E-state index in [1.54, 1.807) is 13.3 Å². The van der Waals surface area contributed by atoms with Gasteiger partial charge in [0.1, 0.15) is 11.6 Å². The summed E-state index contributed by atoms with van der Waals surface area (Å²) in [7, 11) is 1.62. The van der Waals surface area contributed by atoms with E-state index in [-0.39, 0.29) is 6.10 Å². The first-order valence-corrected chi connectivity index (χ1v) is 4.22. The number of hydrogen-bond acceptors (Lipinski definition) is 4. The Labute approximate surface area is 76.8 Å². The van der Waals surface area contributed by atoms with Crippen molar-refractivity contribution in [1.29, 1.82) is 0 Å². The number of methoxy groups -OCH3 is 1. The maximum absolute atomic E-state index is 9.09. The van der Waals surface area contributed by atoms with Gasteiger partial charge in [-0.1, -0.05) is 0 Å². The molecule has 0 aromatic carbocycles. The Kier molecular flexibility index (Phi) is 2.06. The highest BCUT2D eigenvalue weighted by molar-refractivity contribution is 5.43. The van der Waals surface area contributed by atoms with Crippen LogP contribution in [0.5, 0.6) is 5.75 Å². The molecule has 1 aliphatic heterocycles. The van der Waals surface area contributed by atoms with Gasteiger partial charge in [-0.2, -0.15) is 0 Å². The number of anilines is 1. The van der Waals surface area contributed by atoms with Crippen molar-refractivity contribution in [3.8, 4) is 5.75 Å². The Morgan fingerprint density at radius 2 is 2.31 bits per heavy atom. The van der Waals surface area contributed by atoms with E-state index in [0.717, 1.165) is 11.6 Å². The highest BCUT2D eigenvalue weighted by Crippen LogP contribution is 2.20. The van der Waals surface area contributed by atoms with Crippen LogP contribution in [-0.4, -0.2) is 36.4 Å². The van der Waals surface area contributed by atoms with Crippen LogP contribution in [0.2, 0.25) is 0 Å². The molecule has 0 radical (unpaired) electrons. The average molecular weight is 180 g/mol. The van der Waals surface area contributed by atoms with Crippen molar-refractivity contribution >= 4 is 5.82 Å². The molecule has 4 heteroatoms. The number of nitrogens with zero attached hydrogens (tertiary/aromatic N) is 2. The largest absolute Gasteiger partial charge is 0.495 e. The summed E-state index contributed by atoms with van der Waals surface area (Å²) in [4.78, 5) is 6.21. The lowest BCUT2D eigenvalue weighted by Gasteiger charge is -2.36. The van der Waals surface area contributed by atoms with Gasteiger partial charge in [0, 0.05) is 13.1 Å². The van der Waals surface area contributed by atoms with Gasteiger partial charge >= 0.3 is 0 Å². The Morgan fingerprint density at radius 3 is 2.77 bits per heavy atom. The molecule has 0 spiro atoms. The fraction of sp³-hybridized carbons (Fsp3) is 0.444. The quantitative estimate of drug-likeness (QED) is 0.709. The molecule has 2 heterocycles. The Morgan fingerprint density at radius 1 is 1.54 bits per heavy atom. The van der Waals surface area contributed by atoms with Gasteiger partial charge in [0.2, 0.25) is 0 Å². The van der Waals surface area contributed by atoms with E-state index in [4.69, 9.17) is 9.84 Å². The van der Waals surface area contributed by atoms with Crippen LogP contribution in [-0.2, 0) is 0 Å². The molecule has 13 heavy (non-hydrogen) atoms. The zero-order chi connectivity index (χ0) is 9.26. The topological polar surface area (TPSA) is 45.6 Å². The summed E-state index contributed by atoms with van der Waals surface area (Å²) in [5, 5.41) is 9.09. The Hall–Kier alpha value is -1.29. The van der Waals surface area contributed by atoms with Gasteiger partial charge in [0.25, 0.3) is 0 Å². The number of ether oxygens (including phenoxy) is 1. The molecular weight excluding hydrogens is 168 g/mol. The van der Waals surface area contributed by atoms with Crippen LogP contribution in [0.15, 0.2) is 18.3 Å². The first-order chi connectivity index (χ1) is 6.29. The third-order valence-electron chi connectivity index (χ3n) is 2.14. The van der Waals surface area contributed by atoms with Crippen LogP contribution < -0.4 is 9.64 Å². The first-order valence-electron chi connectivity index (χ1n) is 4.22. The minimum absolute atomic E-state index is 0.191. The number of aromatic nitrogens is 1. The number of pyridine rings is 1. The van der Waals surface area contributed by atoms with Crippen LogP contribution in [0.25, 0.3) is 0 Å². The third-order valence-corrected chi connectivity index (χ3v) is 2.14. The van der Waals surface area contributed by atoms with Crippen molar-refractivity contribution in [3.05, 3.63) is 18.3 Å². The predicted octanol–water partition coefficient (Wildman–Crippen LogP) is 0.271. The van der Waals surface area contributed by atoms with Crippen molar-refractivity contribution < 1.29 is 9.84 Å². The van der Waals surface area contributed by atoms with Crippen molar-refractivity contribution in [2.24, 2.45) is 0 Å². The first kappa shape index (κ1) is 8.31. The molecule has 1 N–H and O–H groups in total. The number of β-amino-alcohol motifs (C(OH)–C–C–N with tert-alkyl or cyclic N) is 1. The second kappa shape index (κ2) is 3.22. The van der Waals surface area contributed by atoms with Crippen LogP contribution in [0.1, 0.15) is 0 Å². The van der Waals surface area contributed by atoms with E-state index in [9.17, 15) is 0 Å². The van der Waals surface area contributed by atoms with Crippen molar-refractivity contribution in [1.82, 2.24) is 4.98 Å².